The van der Waals surface area contributed by atoms with Gasteiger partial charge in [0.15, 0.2) is 0 Å². The fourth-order valence-corrected chi connectivity index (χ4v) is 3.15. The average Bonchev–Trinajstić information content (AvgIpc) is 2.98. The van der Waals surface area contributed by atoms with Crippen LogP contribution in [-0.2, 0) is 21.3 Å². The molecule has 8 heteroatoms. The Morgan fingerprint density at radius 2 is 2.23 bits per heavy atom. The van der Waals surface area contributed by atoms with Crippen molar-refractivity contribution in [3.63, 3.8) is 0 Å². The van der Waals surface area contributed by atoms with Gasteiger partial charge >= 0.3 is 0 Å². The number of benzene rings is 1. The third-order valence-corrected chi connectivity index (χ3v) is 4.82. The summed E-state index contributed by atoms with van der Waals surface area (Å²) in [6, 6.07) is 7.13. The molecule has 2 rings (SSSR count). The maximum atomic E-state index is 12.2. The SMILES string of the molecule is CCn1cc(S(=O)(=O)NCC(OC)c2cccc(Cl)c2)cn1. The van der Waals surface area contributed by atoms with Crippen molar-refractivity contribution in [2.24, 2.45) is 0 Å². The Bertz CT molecular complexity index is 730. The van der Waals surface area contributed by atoms with Gasteiger partial charge in [-0.15, -0.1) is 0 Å². The van der Waals surface area contributed by atoms with E-state index < -0.39 is 16.1 Å². The van der Waals surface area contributed by atoms with Gasteiger partial charge in [-0.2, -0.15) is 5.10 Å². The van der Waals surface area contributed by atoms with Crippen LogP contribution in [0.5, 0.6) is 0 Å². The van der Waals surface area contributed by atoms with Gasteiger partial charge in [-0.05, 0) is 24.6 Å². The minimum Gasteiger partial charge on any atom is -0.375 e. The summed E-state index contributed by atoms with van der Waals surface area (Å²) < 4.78 is 33.9. The molecule has 1 aromatic carbocycles. The lowest BCUT2D eigenvalue weighted by Gasteiger charge is -2.16. The highest BCUT2D eigenvalue weighted by Gasteiger charge is 2.19. The summed E-state index contributed by atoms with van der Waals surface area (Å²) in [5.41, 5.74) is 0.807. The molecule has 1 unspecified atom stereocenters. The topological polar surface area (TPSA) is 73.2 Å². The van der Waals surface area contributed by atoms with Gasteiger partial charge in [-0.3, -0.25) is 4.68 Å². The fraction of sp³-hybridized carbons (Fsp3) is 0.357. The molecule has 1 atom stereocenters. The number of nitrogens with one attached hydrogen (secondary N) is 1. The van der Waals surface area contributed by atoms with Gasteiger partial charge < -0.3 is 4.74 Å². The minimum absolute atomic E-state index is 0.108. The number of hydrogen-bond donors (Lipinski definition) is 1. The van der Waals surface area contributed by atoms with E-state index >= 15 is 0 Å². The van der Waals surface area contributed by atoms with Crippen LogP contribution in [-0.4, -0.2) is 31.9 Å². The first kappa shape index (κ1) is 17.0. The minimum atomic E-state index is -3.62. The summed E-state index contributed by atoms with van der Waals surface area (Å²) in [5, 5.41) is 4.54. The number of aryl methyl sites for hydroxylation is 1. The summed E-state index contributed by atoms with van der Waals surface area (Å²) in [7, 11) is -2.10. The molecular weight excluding hydrogens is 326 g/mol. The van der Waals surface area contributed by atoms with Gasteiger partial charge in [0.05, 0.1) is 12.3 Å². The van der Waals surface area contributed by atoms with Gasteiger partial charge in [0.25, 0.3) is 0 Å². The predicted octanol–water partition coefficient (Wildman–Crippen LogP) is 2.22. The summed E-state index contributed by atoms with van der Waals surface area (Å²) >= 11 is 5.95. The van der Waals surface area contributed by atoms with Gasteiger partial charge in [0.1, 0.15) is 4.90 Å². The lowest BCUT2D eigenvalue weighted by molar-refractivity contribution is 0.107. The third kappa shape index (κ3) is 4.07. The summed E-state index contributed by atoms with van der Waals surface area (Å²) in [5.74, 6) is 0. The monoisotopic (exact) mass is 343 g/mol. The molecule has 0 aliphatic carbocycles. The highest BCUT2D eigenvalue weighted by Crippen LogP contribution is 2.20. The first-order chi connectivity index (χ1) is 10.5. The molecular formula is C14H18ClN3O3S. The van der Waals surface area contributed by atoms with E-state index in [1.54, 1.807) is 22.9 Å². The largest absolute Gasteiger partial charge is 0.375 e. The highest BCUT2D eigenvalue weighted by atomic mass is 35.5. The zero-order valence-electron chi connectivity index (χ0n) is 12.4. The van der Waals surface area contributed by atoms with Crippen LogP contribution in [0.2, 0.25) is 5.02 Å². The summed E-state index contributed by atoms with van der Waals surface area (Å²) in [6.45, 7) is 2.60. The fourth-order valence-electron chi connectivity index (χ4n) is 1.97. The van der Waals surface area contributed by atoms with Crippen LogP contribution in [0.4, 0.5) is 0 Å². The van der Waals surface area contributed by atoms with E-state index in [0.29, 0.717) is 11.6 Å². The molecule has 0 radical (unpaired) electrons. The van der Waals surface area contributed by atoms with Crippen molar-refractivity contribution in [2.75, 3.05) is 13.7 Å². The predicted molar refractivity (Wildman–Crippen MR) is 84.3 cm³/mol. The van der Waals surface area contributed by atoms with Gasteiger partial charge in [0.2, 0.25) is 10.0 Å². The molecule has 22 heavy (non-hydrogen) atoms. The molecule has 1 N–H and O–H groups in total. The molecule has 2 aromatic rings. The third-order valence-electron chi connectivity index (χ3n) is 3.21. The number of sulfonamides is 1. The molecule has 0 aliphatic heterocycles. The molecule has 120 valence electrons. The number of hydrogen-bond acceptors (Lipinski definition) is 4. The van der Waals surface area contributed by atoms with E-state index in [2.05, 4.69) is 9.82 Å². The Labute approximate surface area is 135 Å². The van der Waals surface area contributed by atoms with Crippen LogP contribution in [0.3, 0.4) is 0 Å². The van der Waals surface area contributed by atoms with Crippen LogP contribution in [0.25, 0.3) is 0 Å². The molecule has 0 saturated heterocycles. The van der Waals surface area contributed by atoms with Crippen molar-refractivity contribution in [2.45, 2.75) is 24.5 Å². The maximum Gasteiger partial charge on any atom is 0.243 e. The van der Waals surface area contributed by atoms with E-state index in [-0.39, 0.29) is 11.4 Å². The summed E-state index contributed by atoms with van der Waals surface area (Å²) in [6.07, 6.45) is 2.39. The smallest absolute Gasteiger partial charge is 0.243 e. The average molecular weight is 344 g/mol. The van der Waals surface area contributed by atoms with Crippen molar-refractivity contribution in [3.8, 4) is 0 Å². The van der Waals surface area contributed by atoms with E-state index in [4.69, 9.17) is 16.3 Å². The zero-order chi connectivity index (χ0) is 16.2. The molecule has 0 amide bonds. The Balaban J connectivity index is 2.09. The normalized spacial score (nSPS) is 13.2. The molecule has 0 saturated carbocycles. The van der Waals surface area contributed by atoms with E-state index in [0.717, 1.165) is 5.56 Å². The Kier molecular flexibility index (Phi) is 5.57. The number of rotatable bonds is 7. The summed E-state index contributed by atoms with van der Waals surface area (Å²) in [4.78, 5) is 0.135. The van der Waals surface area contributed by atoms with Crippen LogP contribution < -0.4 is 4.72 Å². The second kappa shape index (κ2) is 7.23. The first-order valence-electron chi connectivity index (χ1n) is 6.76. The molecule has 0 bridgehead atoms. The molecule has 0 spiro atoms. The Hall–Kier alpha value is -1.41. The molecule has 1 aromatic heterocycles. The van der Waals surface area contributed by atoms with Crippen molar-refractivity contribution in [1.82, 2.24) is 14.5 Å². The van der Waals surface area contributed by atoms with Gasteiger partial charge in [-0.25, -0.2) is 13.1 Å². The van der Waals surface area contributed by atoms with E-state index in [1.165, 1.54) is 19.5 Å². The zero-order valence-corrected chi connectivity index (χ0v) is 13.9. The molecule has 6 nitrogen and oxygen atoms in total. The quantitative estimate of drug-likeness (QED) is 0.836. The number of halogens is 1. The maximum absolute atomic E-state index is 12.2. The second-order valence-electron chi connectivity index (χ2n) is 4.66. The van der Waals surface area contributed by atoms with E-state index in [9.17, 15) is 8.42 Å². The van der Waals surface area contributed by atoms with Crippen molar-refractivity contribution < 1.29 is 13.2 Å². The number of methoxy groups -OCH3 is 1. The number of aromatic nitrogens is 2. The van der Waals surface area contributed by atoms with Gasteiger partial charge in [0, 0.05) is 31.4 Å². The van der Waals surface area contributed by atoms with Crippen molar-refractivity contribution in [1.29, 1.82) is 0 Å². The van der Waals surface area contributed by atoms with Crippen LogP contribution in [0, 0.1) is 0 Å². The Morgan fingerprint density at radius 3 is 2.82 bits per heavy atom. The number of ether oxygens (including phenoxy) is 1. The number of nitrogens with zero attached hydrogens (tertiary/aromatic N) is 2. The Morgan fingerprint density at radius 1 is 1.45 bits per heavy atom. The van der Waals surface area contributed by atoms with Crippen molar-refractivity contribution in [3.05, 3.63) is 47.2 Å². The van der Waals surface area contributed by atoms with Crippen LogP contribution in [0.15, 0.2) is 41.6 Å². The van der Waals surface area contributed by atoms with Crippen LogP contribution >= 0.6 is 11.6 Å². The standard InChI is InChI=1S/C14H18ClN3O3S/c1-3-18-10-13(8-16-18)22(19,20)17-9-14(21-2)11-5-4-6-12(15)7-11/h4-8,10,14,17H,3,9H2,1-2H3. The second-order valence-corrected chi connectivity index (χ2v) is 6.87. The van der Waals surface area contributed by atoms with Gasteiger partial charge in [-0.1, -0.05) is 23.7 Å². The van der Waals surface area contributed by atoms with Crippen LogP contribution in [0.1, 0.15) is 18.6 Å². The molecule has 0 aliphatic rings. The lowest BCUT2D eigenvalue weighted by atomic mass is 10.1. The lowest BCUT2D eigenvalue weighted by Crippen LogP contribution is -2.29. The van der Waals surface area contributed by atoms with E-state index in [1.807, 2.05) is 13.0 Å². The molecule has 0 fully saturated rings. The van der Waals surface area contributed by atoms with Crippen molar-refractivity contribution >= 4 is 21.6 Å². The molecule has 1 heterocycles. The highest BCUT2D eigenvalue weighted by molar-refractivity contribution is 7.89. The first-order valence-corrected chi connectivity index (χ1v) is 8.62.